The zero-order chi connectivity index (χ0) is 18.5. The zero-order valence-electron chi connectivity index (χ0n) is 16.4. The molecule has 1 aromatic rings. The molecule has 1 aromatic carbocycles. The van der Waals surface area contributed by atoms with E-state index in [1.54, 1.807) is 0 Å². The monoisotopic (exact) mass is 393 g/mol. The molecule has 2 aliphatic rings. The fourth-order valence-corrected chi connectivity index (χ4v) is 4.07. The number of rotatable bonds is 5. The van der Waals surface area contributed by atoms with E-state index in [0.29, 0.717) is 6.54 Å². The van der Waals surface area contributed by atoms with Gasteiger partial charge >= 0.3 is 0 Å². The van der Waals surface area contributed by atoms with Crippen molar-refractivity contribution in [3.05, 3.63) is 35.4 Å². The Hall–Kier alpha value is -1.59. The van der Waals surface area contributed by atoms with Gasteiger partial charge in [-0.05, 0) is 37.3 Å². The quantitative estimate of drug-likeness (QED) is 0.808. The van der Waals surface area contributed by atoms with E-state index in [0.717, 1.165) is 50.8 Å². The highest BCUT2D eigenvalue weighted by molar-refractivity contribution is 5.88. The first-order valence-electron chi connectivity index (χ1n) is 10.0. The smallest absolute Gasteiger partial charge is 0.245 e. The summed E-state index contributed by atoms with van der Waals surface area (Å²) < 4.78 is 0. The topological polar surface area (TPSA) is 61.4 Å². The van der Waals surface area contributed by atoms with Crippen molar-refractivity contribution in [3.63, 3.8) is 0 Å². The second kappa shape index (κ2) is 10.1. The van der Waals surface area contributed by atoms with Gasteiger partial charge in [0.1, 0.15) is 6.04 Å². The first-order valence-corrected chi connectivity index (χ1v) is 10.0. The summed E-state index contributed by atoms with van der Waals surface area (Å²) in [5.41, 5.74) is 2.45. The standard InChI is InChI=1S/C21H31N3O2.ClH/c1-3-16-8-10-17(11-9-16)19-14-22-12-13-24(19)21(26)15(2)23-20(25)18-6-4-5-7-18;/h8-11,15,18-19,22H,3-7,12-14H2,1-2H3,(H,23,25);1H. The van der Waals surface area contributed by atoms with Gasteiger partial charge in [0.15, 0.2) is 0 Å². The normalized spacial score (nSPS) is 21.4. The lowest BCUT2D eigenvalue weighted by atomic mass is 10.00. The molecular weight excluding hydrogens is 362 g/mol. The molecule has 0 spiro atoms. The van der Waals surface area contributed by atoms with Crippen LogP contribution in [0.25, 0.3) is 0 Å². The van der Waals surface area contributed by atoms with E-state index >= 15 is 0 Å². The van der Waals surface area contributed by atoms with E-state index in [-0.39, 0.29) is 36.2 Å². The predicted molar refractivity (Wildman–Crippen MR) is 110 cm³/mol. The van der Waals surface area contributed by atoms with E-state index in [4.69, 9.17) is 0 Å². The lowest BCUT2D eigenvalue weighted by Crippen LogP contribution is -2.54. The third kappa shape index (κ3) is 5.23. The van der Waals surface area contributed by atoms with Crippen LogP contribution in [-0.2, 0) is 16.0 Å². The van der Waals surface area contributed by atoms with Crippen molar-refractivity contribution in [1.82, 2.24) is 15.5 Å². The van der Waals surface area contributed by atoms with Crippen molar-refractivity contribution >= 4 is 24.2 Å². The van der Waals surface area contributed by atoms with Gasteiger partial charge in [0.05, 0.1) is 6.04 Å². The number of nitrogens with zero attached hydrogens (tertiary/aromatic N) is 1. The first kappa shape index (κ1) is 21.7. The molecule has 1 saturated carbocycles. The summed E-state index contributed by atoms with van der Waals surface area (Å²) in [6.45, 7) is 6.16. The van der Waals surface area contributed by atoms with Crippen molar-refractivity contribution in [3.8, 4) is 0 Å². The van der Waals surface area contributed by atoms with Crippen LogP contribution >= 0.6 is 12.4 Å². The number of carbonyl (C=O) groups is 2. The molecule has 2 unspecified atom stereocenters. The van der Waals surface area contributed by atoms with E-state index in [2.05, 4.69) is 41.8 Å². The van der Waals surface area contributed by atoms with Gasteiger partial charge in [0, 0.05) is 25.6 Å². The van der Waals surface area contributed by atoms with Gasteiger partial charge in [-0.15, -0.1) is 12.4 Å². The highest BCUT2D eigenvalue weighted by Crippen LogP contribution is 2.26. The van der Waals surface area contributed by atoms with Crippen LogP contribution in [0, 0.1) is 5.92 Å². The summed E-state index contributed by atoms with van der Waals surface area (Å²) in [6, 6.07) is 8.07. The Bertz CT molecular complexity index is 629. The molecule has 0 bridgehead atoms. The summed E-state index contributed by atoms with van der Waals surface area (Å²) in [4.78, 5) is 27.3. The molecule has 2 amide bonds. The average molecular weight is 394 g/mol. The van der Waals surface area contributed by atoms with Gasteiger partial charge in [0.25, 0.3) is 0 Å². The lowest BCUT2D eigenvalue weighted by molar-refractivity contribution is -0.139. The second-order valence-electron chi connectivity index (χ2n) is 7.56. The molecule has 150 valence electrons. The molecule has 3 rings (SSSR count). The van der Waals surface area contributed by atoms with Gasteiger partial charge in [-0.1, -0.05) is 44.0 Å². The van der Waals surface area contributed by atoms with Gasteiger partial charge in [0.2, 0.25) is 11.8 Å². The van der Waals surface area contributed by atoms with Crippen LogP contribution in [0.3, 0.4) is 0 Å². The van der Waals surface area contributed by atoms with Gasteiger partial charge in [-0.3, -0.25) is 9.59 Å². The molecule has 2 atom stereocenters. The minimum Gasteiger partial charge on any atom is -0.344 e. The maximum Gasteiger partial charge on any atom is 0.245 e. The highest BCUT2D eigenvalue weighted by Gasteiger charge is 2.32. The molecule has 0 aromatic heterocycles. The van der Waals surface area contributed by atoms with E-state index < -0.39 is 6.04 Å². The summed E-state index contributed by atoms with van der Waals surface area (Å²) >= 11 is 0. The van der Waals surface area contributed by atoms with E-state index in [1.807, 2.05) is 11.8 Å². The molecule has 0 radical (unpaired) electrons. The van der Waals surface area contributed by atoms with Crippen LogP contribution in [-0.4, -0.2) is 42.4 Å². The van der Waals surface area contributed by atoms with E-state index in [9.17, 15) is 9.59 Å². The first-order chi connectivity index (χ1) is 12.6. The van der Waals surface area contributed by atoms with Crippen molar-refractivity contribution in [1.29, 1.82) is 0 Å². The fraction of sp³-hybridized carbons (Fsp3) is 0.619. The van der Waals surface area contributed by atoms with Crippen molar-refractivity contribution in [2.24, 2.45) is 5.92 Å². The maximum atomic E-state index is 13.0. The van der Waals surface area contributed by atoms with Crippen molar-refractivity contribution in [2.75, 3.05) is 19.6 Å². The van der Waals surface area contributed by atoms with Gasteiger partial charge < -0.3 is 15.5 Å². The van der Waals surface area contributed by atoms with Crippen LogP contribution in [0.1, 0.15) is 56.7 Å². The van der Waals surface area contributed by atoms with Crippen molar-refractivity contribution in [2.45, 2.75) is 58.0 Å². The third-order valence-corrected chi connectivity index (χ3v) is 5.75. The Morgan fingerprint density at radius 2 is 1.89 bits per heavy atom. The Morgan fingerprint density at radius 3 is 2.52 bits per heavy atom. The van der Waals surface area contributed by atoms with Crippen LogP contribution in [0.15, 0.2) is 24.3 Å². The Morgan fingerprint density at radius 1 is 1.22 bits per heavy atom. The van der Waals surface area contributed by atoms with E-state index in [1.165, 1.54) is 5.56 Å². The molecule has 1 aliphatic carbocycles. The second-order valence-corrected chi connectivity index (χ2v) is 7.56. The highest BCUT2D eigenvalue weighted by atomic mass is 35.5. The SMILES string of the molecule is CCc1ccc(C2CNCCN2C(=O)C(C)NC(=O)C2CCCC2)cc1.Cl. The Labute approximate surface area is 168 Å². The van der Waals surface area contributed by atoms with Gasteiger partial charge in [-0.2, -0.15) is 0 Å². The molecule has 1 saturated heterocycles. The molecule has 2 N–H and O–H groups in total. The largest absolute Gasteiger partial charge is 0.344 e. The van der Waals surface area contributed by atoms with Crippen LogP contribution < -0.4 is 10.6 Å². The molecule has 1 heterocycles. The summed E-state index contributed by atoms with van der Waals surface area (Å²) in [6.07, 6.45) is 5.15. The summed E-state index contributed by atoms with van der Waals surface area (Å²) in [7, 11) is 0. The number of hydrogen-bond donors (Lipinski definition) is 2. The minimum absolute atomic E-state index is 0. The summed E-state index contributed by atoms with van der Waals surface area (Å²) in [5.74, 6) is 0.149. The maximum absolute atomic E-state index is 13.0. The predicted octanol–water partition coefficient (Wildman–Crippen LogP) is 2.84. The molecular formula is C21H32ClN3O2. The molecule has 2 fully saturated rings. The van der Waals surface area contributed by atoms with Gasteiger partial charge in [-0.25, -0.2) is 0 Å². The van der Waals surface area contributed by atoms with Crippen LogP contribution in [0.2, 0.25) is 0 Å². The number of hydrogen-bond acceptors (Lipinski definition) is 3. The molecule has 27 heavy (non-hydrogen) atoms. The zero-order valence-corrected chi connectivity index (χ0v) is 17.2. The number of halogens is 1. The number of piperazine rings is 1. The molecule has 6 heteroatoms. The third-order valence-electron chi connectivity index (χ3n) is 5.75. The number of benzene rings is 1. The number of nitrogens with one attached hydrogen (secondary N) is 2. The minimum atomic E-state index is -0.474. The van der Waals surface area contributed by atoms with Crippen LogP contribution in [0.5, 0.6) is 0 Å². The lowest BCUT2D eigenvalue weighted by Gasteiger charge is -2.38. The molecule has 1 aliphatic heterocycles. The Balaban J connectivity index is 0.00000261. The average Bonchev–Trinajstić information content (AvgIpc) is 3.22. The fourth-order valence-electron chi connectivity index (χ4n) is 4.07. The molecule has 5 nitrogen and oxygen atoms in total. The number of amides is 2. The number of aryl methyl sites for hydroxylation is 1. The number of carbonyl (C=O) groups excluding carboxylic acids is 2. The van der Waals surface area contributed by atoms with Crippen molar-refractivity contribution < 1.29 is 9.59 Å². The van der Waals surface area contributed by atoms with Crippen LogP contribution in [0.4, 0.5) is 0 Å². The Kier molecular flexibility index (Phi) is 8.11. The summed E-state index contributed by atoms with van der Waals surface area (Å²) in [5, 5.41) is 6.35.